The van der Waals surface area contributed by atoms with Gasteiger partial charge in [-0.05, 0) is 55.7 Å². The van der Waals surface area contributed by atoms with Gasteiger partial charge in [0, 0.05) is 5.54 Å². The third-order valence-corrected chi connectivity index (χ3v) is 5.58. The van der Waals surface area contributed by atoms with E-state index in [1.54, 1.807) is 0 Å². The molecule has 2 aliphatic rings. The quantitative estimate of drug-likeness (QED) is 0.883. The maximum atomic E-state index is 5.84. The van der Waals surface area contributed by atoms with Crippen molar-refractivity contribution in [1.82, 2.24) is 5.32 Å². The van der Waals surface area contributed by atoms with E-state index in [4.69, 9.17) is 4.74 Å². The molecule has 1 saturated heterocycles. The van der Waals surface area contributed by atoms with Gasteiger partial charge in [-0.15, -0.1) is 0 Å². The van der Waals surface area contributed by atoms with Crippen LogP contribution in [0.4, 0.5) is 0 Å². The number of hydrogen-bond donors (Lipinski definition) is 1. The molecule has 2 aliphatic heterocycles. The van der Waals surface area contributed by atoms with Crippen LogP contribution in [0.25, 0.3) is 0 Å². The Morgan fingerprint density at radius 2 is 2.10 bits per heavy atom. The fourth-order valence-electron chi connectivity index (χ4n) is 4.14. The summed E-state index contributed by atoms with van der Waals surface area (Å²) in [6.45, 7) is 6.84. The number of benzene rings is 1. The van der Waals surface area contributed by atoms with Crippen molar-refractivity contribution in [3.05, 3.63) is 29.8 Å². The average Bonchev–Trinajstić information content (AvgIpc) is 2.74. The van der Waals surface area contributed by atoms with E-state index in [0.29, 0.717) is 17.4 Å². The van der Waals surface area contributed by atoms with E-state index in [-0.39, 0.29) is 0 Å². The zero-order chi connectivity index (χ0) is 14.7. The Labute approximate surface area is 129 Å². The van der Waals surface area contributed by atoms with Gasteiger partial charge in [0.05, 0.1) is 6.61 Å². The monoisotopic (exact) mass is 287 g/mol. The highest BCUT2D eigenvalue weighted by atomic mass is 16.5. The predicted octanol–water partition coefficient (Wildman–Crippen LogP) is 4.50. The van der Waals surface area contributed by atoms with Crippen LogP contribution < -0.4 is 10.1 Å². The van der Waals surface area contributed by atoms with E-state index in [1.165, 1.54) is 44.2 Å². The highest BCUT2D eigenvalue weighted by Crippen LogP contribution is 2.42. The molecule has 2 nitrogen and oxygen atoms in total. The molecule has 0 aromatic heterocycles. The molecule has 0 bridgehead atoms. The molecular formula is C19H29NO. The van der Waals surface area contributed by atoms with Gasteiger partial charge < -0.3 is 10.1 Å². The van der Waals surface area contributed by atoms with Crippen molar-refractivity contribution in [2.45, 2.75) is 63.8 Å². The molecule has 2 unspecified atom stereocenters. The van der Waals surface area contributed by atoms with E-state index in [1.807, 2.05) is 0 Å². The standard InChI is InChI=1S/C19H29NO/c1-15(2)19(11-6-3-7-12-20-19)14-16-10-13-21-18-9-5-4-8-17(16)18/h4-5,8-9,15-16,20H,3,6-7,10-14H2,1-2H3. The molecule has 0 aliphatic carbocycles. The maximum absolute atomic E-state index is 5.84. The zero-order valence-electron chi connectivity index (χ0n) is 13.5. The summed E-state index contributed by atoms with van der Waals surface area (Å²) in [7, 11) is 0. The molecule has 2 heteroatoms. The van der Waals surface area contributed by atoms with Gasteiger partial charge in [0.1, 0.15) is 5.75 Å². The Morgan fingerprint density at radius 1 is 1.24 bits per heavy atom. The van der Waals surface area contributed by atoms with Crippen molar-refractivity contribution < 1.29 is 4.74 Å². The summed E-state index contributed by atoms with van der Waals surface area (Å²) in [5.41, 5.74) is 1.74. The van der Waals surface area contributed by atoms with Gasteiger partial charge in [-0.3, -0.25) is 0 Å². The molecule has 2 atom stereocenters. The number of hydrogen-bond acceptors (Lipinski definition) is 2. The van der Waals surface area contributed by atoms with Crippen LogP contribution in [0.1, 0.15) is 63.9 Å². The van der Waals surface area contributed by atoms with Crippen molar-refractivity contribution in [3.8, 4) is 5.75 Å². The molecule has 3 rings (SSSR count). The van der Waals surface area contributed by atoms with Crippen LogP contribution in [-0.2, 0) is 0 Å². The first-order valence-corrected chi connectivity index (χ1v) is 8.68. The lowest BCUT2D eigenvalue weighted by Gasteiger charge is -2.42. The Balaban J connectivity index is 1.83. The summed E-state index contributed by atoms with van der Waals surface area (Å²) in [5.74, 6) is 2.44. The molecule has 2 heterocycles. The van der Waals surface area contributed by atoms with Crippen LogP contribution >= 0.6 is 0 Å². The Hall–Kier alpha value is -1.02. The summed E-state index contributed by atoms with van der Waals surface area (Å²) in [6, 6.07) is 8.64. The molecule has 21 heavy (non-hydrogen) atoms. The van der Waals surface area contributed by atoms with Crippen molar-refractivity contribution in [1.29, 1.82) is 0 Å². The molecule has 0 spiro atoms. The molecule has 0 radical (unpaired) electrons. The summed E-state index contributed by atoms with van der Waals surface area (Å²) < 4.78 is 5.84. The van der Waals surface area contributed by atoms with Gasteiger partial charge in [0.25, 0.3) is 0 Å². The third-order valence-electron chi connectivity index (χ3n) is 5.58. The van der Waals surface area contributed by atoms with Gasteiger partial charge in [0.2, 0.25) is 0 Å². The van der Waals surface area contributed by atoms with E-state index in [2.05, 4.69) is 43.4 Å². The Kier molecular flexibility index (Phi) is 4.54. The van der Waals surface area contributed by atoms with Gasteiger partial charge in [0.15, 0.2) is 0 Å². The minimum atomic E-state index is 0.311. The summed E-state index contributed by atoms with van der Waals surface area (Å²) in [5, 5.41) is 3.93. The Bertz CT molecular complexity index is 460. The summed E-state index contributed by atoms with van der Waals surface area (Å²) in [4.78, 5) is 0. The molecule has 0 saturated carbocycles. The molecule has 116 valence electrons. The first-order valence-electron chi connectivity index (χ1n) is 8.68. The second-order valence-corrected chi connectivity index (χ2v) is 7.12. The average molecular weight is 287 g/mol. The highest BCUT2D eigenvalue weighted by molar-refractivity contribution is 5.38. The minimum Gasteiger partial charge on any atom is -0.493 e. The fraction of sp³-hybridized carbons (Fsp3) is 0.684. The van der Waals surface area contributed by atoms with Crippen molar-refractivity contribution >= 4 is 0 Å². The first-order chi connectivity index (χ1) is 10.2. The highest BCUT2D eigenvalue weighted by Gasteiger charge is 2.37. The van der Waals surface area contributed by atoms with Crippen LogP contribution in [0.5, 0.6) is 5.75 Å². The van der Waals surface area contributed by atoms with Gasteiger partial charge in [-0.25, -0.2) is 0 Å². The van der Waals surface area contributed by atoms with E-state index in [0.717, 1.165) is 18.8 Å². The molecular weight excluding hydrogens is 258 g/mol. The maximum Gasteiger partial charge on any atom is 0.122 e. The molecule has 1 fully saturated rings. The van der Waals surface area contributed by atoms with Crippen LogP contribution in [0.2, 0.25) is 0 Å². The molecule has 1 aromatic rings. The van der Waals surface area contributed by atoms with Crippen molar-refractivity contribution in [2.24, 2.45) is 5.92 Å². The molecule has 0 amide bonds. The first kappa shape index (κ1) is 14.9. The normalized spacial score (nSPS) is 29.6. The SMILES string of the molecule is CC(C)C1(CC2CCOc3ccccc32)CCCCCN1. The second-order valence-electron chi connectivity index (χ2n) is 7.12. The summed E-state index contributed by atoms with van der Waals surface area (Å²) in [6.07, 6.45) is 7.82. The zero-order valence-corrected chi connectivity index (χ0v) is 13.5. The topological polar surface area (TPSA) is 21.3 Å². The van der Waals surface area contributed by atoms with Crippen molar-refractivity contribution in [2.75, 3.05) is 13.2 Å². The number of fused-ring (bicyclic) bond motifs is 1. The summed E-state index contributed by atoms with van der Waals surface area (Å²) >= 11 is 0. The smallest absolute Gasteiger partial charge is 0.122 e. The number of ether oxygens (including phenoxy) is 1. The molecule has 1 N–H and O–H groups in total. The number of para-hydroxylation sites is 1. The van der Waals surface area contributed by atoms with Gasteiger partial charge >= 0.3 is 0 Å². The predicted molar refractivity (Wildman–Crippen MR) is 88.0 cm³/mol. The van der Waals surface area contributed by atoms with Crippen LogP contribution in [-0.4, -0.2) is 18.7 Å². The van der Waals surface area contributed by atoms with E-state index < -0.39 is 0 Å². The van der Waals surface area contributed by atoms with Crippen LogP contribution in [0, 0.1) is 5.92 Å². The minimum absolute atomic E-state index is 0.311. The lowest BCUT2D eigenvalue weighted by molar-refractivity contribution is 0.173. The number of rotatable bonds is 3. The lowest BCUT2D eigenvalue weighted by Crippen LogP contribution is -2.50. The second kappa shape index (κ2) is 6.39. The Morgan fingerprint density at radius 3 is 2.95 bits per heavy atom. The van der Waals surface area contributed by atoms with Crippen LogP contribution in [0.3, 0.4) is 0 Å². The number of nitrogens with one attached hydrogen (secondary N) is 1. The largest absolute Gasteiger partial charge is 0.493 e. The van der Waals surface area contributed by atoms with E-state index >= 15 is 0 Å². The fourth-order valence-corrected chi connectivity index (χ4v) is 4.14. The lowest BCUT2D eigenvalue weighted by atomic mass is 9.73. The van der Waals surface area contributed by atoms with Crippen molar-refractivity contribution in [3.63, 3.8) is 0 Å². The van der Waals surface area contributed by atoms with Gasteiger partial charge in [-0.1, -0.05) is 44.9 Å². The van der Waals surface area contributed by atoms with Crippen LogP contribution in [0.15, 0.2) is 24.3 Å². The molecule has 1 aromatic carbocycles. The third kappa shape index (κ3) is 3.11. The van der Waals surface area contributed by atoms with Gasteiger partial charge in [-0.2, -0.15) is 0 Å². The van der Waals surface area contributed by atoms with E-state index in [9.17, 15) is 0 Å².